The molecule has 2 N–H and O–H groups in total. The lowest BCUT2D eigenvalue weighted by Gasteiger charge is -2.32. The fraction of sp³-hybridized carbons (Fsp3) is 0.773. The Kier molecular flexibility index (Phi) is 6.23. The van der Waals surface area contributed by atoms with Crippen LogP contribution < -0.4 is 5.32 Å². The maximum Gasteiger partial charge on any atom is 0.274 e. The number of hydrogen-bond acceptors (Lipinski definition) is 4. The summed E-state index contributed by atoms with van der Waals surface area (Å²) >= 11 is 0. The van der Waals surface area contributed by atoms with E-state index in [0.29, 0.717) is 24.7 Å². The highest BCUT2D eigenvalue weighted by Crippen LogP contribution is 2.30. The van der Waals surface area contributed by atoms with Gasteiger partial charge >= 0.3 is 0 Å². The van der Waals surface area contributed by atoms with Gasteiger partial charge in [0.05, 0.1) is 6.10 Å². The van der Waals surface area contributed by atoms with Crippen LogP contribution in [0, 0.1) is 5.92 Å². The normalized spacial score (nSPS) is 25.1. The first-order valence-corrected chi connectivity index (χ1v) is 11.3. The third-order valence-corrected chi connectivity index (χ3v) is 6.96. The highest BCUT2D eigenvalue weighted by Gasteiger charge is 2.31. The molecule has 0 spiro atoms. The number of aliphatic hydroxyl groups excluding tert-OH is 1. The zero-order chi connectivity index (χ0) is 20.4. The van der Waals surface area contributed by atoms with Crippen molar-refractivity contribution in [2.24, 2.45) is 5.92 Å². The summed E-state index contributed by atoms with van der Waals surface area (Å²) in [6.07, 6.45) is 9.68. The predicted molar refractivity (Wildman–Crippen MR) is 110 cm³/mol. The number of aryl methyl sites for hydroxylation is 1. The number of rotatable bonds is 5. The zero-order valence-electron chi connectivity index (χ0n) is 17.5. The second kappa shape index (κ2) is 8.86. The van der Waals surface area contributed by atoms with Gasteiger partial charge in [-0.15, -0.1) is 0 Å². The van der Waals surface area contributed by atoms with Gasteiger partial charge in [-0.3, -0.25) is 14.3 Å². The number of aliphatic hydroxyl groups is 1. The third-order valence-electron chi connectivity index (χ3n) is 6.96. The Morgan fingerprint density at radius 2 is 1.83 bits per heavy atom. The van der Waals surface area contributed by atoms with Crippen molar-refractivity contribution in [2.75, 3.05) is 13.1 Å². The van der Waals surface area contributed by atoms with E-state index < -0.39 is 0 Å². The minimum absolute atomic E-state index is 0.00110. The minimum Gasteiger partial charge on any atom is -0.393 e. The fourth-order valence-electron chi connectivity index (χ4n) is 5.27. The Morgan fingerprint density at radius 1 is 1.10 bits per heavy atom. The van der Waals surface area contributed by atoms with Crippen LogP contribution >= 0.6 is 0 Å². The summed E-state index contributed by atoms with van der Waals surface area (Å²) in [6, 6.07) is 0.175. The first-order chi connectivity index (χ1) is 14.0. The van der Waals surface area contributed by atoms with Crippen LogP contribution in [0.15, 0.2) is 0 Å². The molecule has 0 aromatic carbocycles. The molecule has 1 aromatic rings. The third kappa shape index (κ3) is 4.65. The van der Waals surface area contributed by atoms with Gasteiger partial charge in [0.2, 0.25) is 5.91 Å². The minimum atomic E-state index is -0.112. The number of nitrogens with zero attached hydrogens (tertiary/aromatic N) is 3. The molecular weight excluding hydrogens is 368 g/mol. The molecule has 7 heteroatoms. The van der Waals surface area contributed by atoms with Crippen LogP contribution in [0.3, 0.4) is 0 Å². The summed E-state index contributed by atoms with van der Waals surface area (Å²) in [7, 11) is 0. The molecule has 2 amide bonds. The van der Waals surface area contributed by atoms with Gasteiger partial charge in [0, 0.05) is 43.9 Å². The Balaban J connectivity index is 1.39. The van der Waals surface area contributed by atoms with E-state index in [0.717, 1.165) is 76.3 Å². The number of hydrogen-bond donors (Lipinski definition) is 2. The summed E-state index contributed by atoms with van der Waals surface area (Å²) in [4.78, 5) is 26.3. The number of amides is 2. The van der Waals surface area contributed by atoms with Crippen LogP contribution in [0.4, 0.5) is 0 Å². The summed E-state index contributed by atoms with van der Waals surface area (Å²) in [6.45, 7) is 3.77. The van der Waals surface area contributed by atoms with Crippen molar-refractivity contribution in [1.82, 2.24) is 20.0 Å². The highest BCUT2D eigenvalue weighted by molar-refractivity contribution is 5.94. The fourth-order valence-corrected chi connectivity index (χ4v) is 5.27. The zero-order valence-corrected chi connectivity index (χ0v) is 17.5. The maximum atomic E-state index is 13.2. The quantitative estimate of drug-likeness (QED) is 0.789. The van der Waals surface area contributed by atoms with E-state index in [2.05, 4.69) is 10.00 Å². The number of fused-ring (bicyclic) bond motifs is 1. The molecule has 2 fully saturated rings. The topological polar surface area (TPSA) is 87.5 Å². The van der Waals surface area contributed by atoms with E-state index in [4.69, 9.17) is 5.10 Å². The Bertz CT molecular complexity index is 743. The molecule has 29 heavy (non-hydrogen) atoms. The molecule has 0 atom stereocenters. The molecule has 1 saturated carbocycles. The van der Waals surface area contributed by atoms with E-state index in [1.807, 2.05) is 4.90 Å². The molecule has 4 rings (SSSR count). The molecule has 7 nitrogen and oxygen atoms in total. The second-order valence-electron chi connectivity index (χ2n) is 9.08. The summed E-state index contributed by atoms with van der Waals surface area (Å²) in [5.41, 5.74) is 3.09. The number of carbonyl (C=O) groups is 2. The molecule has 2 aliphatic carbocycles. The standard InChI is InChI=1S/C22H34N4O3/c1-15(27)23-17-10-12-25(13-11-17)22(29)21-19-3-2-4-20(19)26(24-21)14-9-16-5-7-18(28)8-6-16/h16-18,28H,2-14H2,1H3,(H,23,27). The lowest BCUT2D eigenvalue weighted by atomic mass is 9.85. The van der Waals surface area contributed by atoms with Crippen molar-refractivity contribution in [3.05, 3.63) is 17.0 Å². The average Bonchev–Trinajstić information content (AvgIpc) is 3.30. The molecule has 1 saturated heterocycles. The van der Waals surface area contributed by atoms with Crippen molar-refractivity contribution in [3.63, 3.8) is 0 Å². The van der Waals surface area contributed by atoms with Gasteiger partial charge in [0.15, 0.2) is 5.69 Å². The van der Waals surface area contributed by atoms with Gasteiger partial charge in [0.25, 0.3) is 5.91 Å². The van der Waals surface area contributed by atoms with Gasteiger partial charge in [-0.25, -0.2) is 0 Å². The van der Waals surface area contributed by atoms with E-state index in [1.165, 1.54) is 5.69 Å². The predicted octanol–water partition coefficient (Wildman–Crippen LogP) is 2.05. The lowest BCUT2D eigenvalue weighted by molar-refractivity contribution is -0.119. The van der Waals surface area contributed by atoms with Crippen LogP contribution in [0.2, 0.25) is 0 Å². The molecule has 2 heterocycles. The molecule has 1 aliphatic heterocycles. The summed E-state index contributed by atoms with van der Waals surface area (Å²) in [5, 5.41) is 17.5. The second-order valence-corrected chi connectivity index (χ2v) is 9.08. The van der Waals surface area contributed by atoms with Crippen molar-refractivity contribution in [1.29, 1.82) is 0 Å². The van der Waals surface area contributed by atoms with Crippen LogP contribution in [0.25, 0.3) is 0 Å². The van der Waals surface area contributed by atoms with E-state index >= 15 is 0 Å². The van der Waals surface area contributed by atoms with E-state index in [1.54, 1.807) is 6.92 Å². The Hall–Kier alpha value is -1.89. The Labute approximate surface area is 172 Å². The van der Waals surface area contributed by atoms with Crippen LogP contribution in [-0.4, -0.2) is 56.8 Å². The van der Waals surface area contributed by atoms with Gasteiger partial charge in [0.1, 0.15) is 0 Å². The monoisotopic (exact) mass is 402 g/mol. The van der Waals surface area contributed by atoms with Crippen LogP contribution in [-0.2, 0) is 24.2 Å². The molecule has 3 aliphatic rings. The SMILES string of the molecule is CC(=O)NC1CCN(C(=O)c2nn(CCC3CCC(O)CC3)c3c2CCC3)CC1. The van der Waals surface area contributed by atoms with Gasteiger partial charge < -0.3 is 15.3 Å². The van der Waals surface area contributed by atoms with Crippen molar-refractivity contribution >= 4 is 11.8 Å². The van der Waals surface area contributed by atoms with Crippen LogP contribution in [0.5, 0.6) is 0 Å². The number of likely N-dealkylation sites (tertiary alicyclic amines) is 1. The number of aromatic nitrogens is 2. The number of carbonyl (C=O) groups excluding carboxylic acids is 2. The summed E-state index contributed by atoms with van der Waals surface area (Å²) in [5.74, 6) is 0.717. The molecular formula is C22H34N4O3. The average molecular weight is 403 g/mol. The van der Waals surface area contributed by atoms with E-state index in [9.17, 15) is 14.7 Å². The summed E-state index contributed by atoms with van der Waals surface area (Å²) < 4.78 is 2.10. The highest BCUT2D eigenvalue weighted by atomic mass is 16.3. The van der Waals surface area contributed by atoms with Gasteiger partial charge in [-0.1, -0.05) is 0 Å². The molecule has 1 aromatic heterocycles. The molecule has 0 unspecified atom stereocenters. The smallest absolute Gasteiger partial charge is 0.274 e. The van der Waals surface area contributed by atoms with Crippen molar-refractivity contribution in [2.45, 2.75) is 89.8 Å². The first kappa shape index (κ1) is 20.4. The van der Waals surface area contributed by atoms with Crippen molar-refractivity contribution < 1.29 is 14.7 Å². The van der Waals surface area contributed by atoms with Gasteiger partial charge in [-0.2, -0.15) is 5.10 Å². The molecule has 0 radical (unpaired) electrons. The molecule has 160 valence electrons. The van der Waals surface area contributed by atoms with Crippen molar-refractivity contribution in [3.8, 4) is 0 Å². The first-order valence-electron chi connectivity index (χ1n) is 11.3. The van der Waals surface area contributed by atoms with Crippen LogP contribution in [0.1, 0.15) is 80.0 Å². The number of nitrogens with one attached hydrogen (secondary N) is 1. The maximum absolute atomic E-state index is 13.2. The van der Waals surface area contributed by atoms with E-state index in [-0.39, 0.29) is 24.0 Å². The lowest BCUT2D eigenvalue weighted by Crippen LogP contribution is -2.46. The number of piperidine rings is 1. The Morgan fingerprint density at radius 3 is 2.52 bits per heavy atom. The largest absolute Gasteiger partial charge is 0.393 e. The molecule has 0 bridgehead atoms. The van der Waals surface area contributed by atoms with Gasteiger partial charge in [-0.05, 0) is 70.1 Å².